The molecule has 4 rings (SSSR count). The average molecular weight is 448 g/mol. The highest BCUT2D eigenvalue weighted by Gasteiger charge is 2.32. The molecule has 0 radical (unpaired) electrons. The summed E-state index contributed by atoms with van der Waals surface area (Å²) in [5.41, 5.74) is -0.0770. The van der Waals surface area contributed by atoms with Crippen molar-refractivity contribution in [3.05, 3.63) is 57.5 Å². The van der Waals surface area contributed by atoms with Gasteiger partial charge in [-0.05, 0) is 75.0 Å². The number of benzene rings is 1. The van der Waals surface area contributed by atoms with E-state index in [2.05, 4.69) is 4.90 Å². The van der Waals surface area contributed by atoms with Gasteiger partial charge in [-0.1, -0.05) is 12.1 Å². The molecule has 0 spiro atoms. The van der Waals surface area contributed by atoms with Crippen LogP contribution in [0.25, 0.3) is 11.1 Å². The van der Waals surface area contributed by atoms with Crippen LogP contribution in [0.5, 0.6) is 0 Å². The molecule has 2 aromatic rings. The van der Waals surface area contributed by atoms with Gasteiger partial charge in [-0.15, -0.1) is 0 Å². The maximum atomic E-state index is 13.3. The third-order valence-electron chi connectivity index (χ3n) is 6.72. The van der Waals surface area contributed by atoms with Crippen LogP contribution >= 0.6 is 0 Å². The highest BCUT2D eigenvalue weighted by atomic mass is 19.4. The van der Waals surface area contributed by atoms with Crippen molar-refractivity contribution in [1.82, 2.24) is 14.4 Å². The number of piperidine rings is 1. The number of likely N-dealkylation sites (tertiary alicyclic amines) is 2. The fourth-order valence-electron chi connectivity index (χ4n) is 4.97. The smallest absolute Gasteiger partial charge is 0.337 e. The summed E-state index contributed by atoms with van der Waals surface area (Å²) in [5, 5.41) is 0. The minimum absolute atomic E-state index is 0.153. The lowest BCUT2D eigenvalue weighted by atomic mass is 10.00. The number of amides is 1. The molecule has 0 bridgehead atoms. The Bertz CT molecular complexity index is 1060. The van der Waals surface area contributed by atoms with Crippen molar-refractivity contribution in [2.45, 2.75) is 44.8 Å². The van der Waals surface area contributed by atoms with Gasteiger partial charge >= 0.3 is 6.18 Å². The van der Waals surface area contributed by atoms with Gasteiger partial charge in [0.05, 0.1) is 5.56 Å². The van der Waals surface area contributed by atoms with Crippen LogP contribution in [-0.2, 0) is 13.2 Å². The first-order chi connectivity index (χ1) is 15.2. The van der Waals surface area contributed by atoms with Crippen molar-refractivity contribution in [3.8, 4) is 11.1 Å². The first-order valence-corrected chi connectivity index (χ1v) is 11.1. The molecule has 0 saturated carbocycles. The monoisotopic (exact) mass is 447 g/mol. The van der Waals surface area contributed by atoms with Crippen molar-refractivity contribution in [3.63, 3.8) is 0 Å². The summed E-state index contributed by atoms with van der Waals surface area (Å²) in [6, 6.07) is 6.76. The summed E-state index contributed by atoms with van der Waals surface area (Å²) in [6.45, 7) is 5.26. The minimum atomic E-state index is -4.49. The SMILES string of the molecule is Cc1cc(-c2cccc(C(F)(F)F)c2)c(=O)n(C)c1C(=O)N1CCC(N2CCCC2)CC1. The average Bonchev–Trinajstić information content (AvgIpc) is 3.31. The number of pyridine rings is 1. The Morgan fingerprint density at radius 2 is 1.69 bits per heavy atom. The summed E-state index contributed by atoms with van der Waals surface area (Å²) in [7, 11) is 1.51. The molecule has 8 heteroatoms. The van der Waals surface area contributed by atoms with E-state index in [1.54, 1.807) is 11.8 Å². The molecule has 3 heterocycles. The minimum Gasteiger partial charge on any atom is -0.337 e. The summed E-state index contributed by atoms with van der Waals surface area (Å²) in [4.78, 5) is 30.6. The van der Waals surface area contributed by atoms with Crippen LogP contribution in [0.4, 0.5) is 13.2 Å². The third kappa shape index (κ3) is 4.33. The number of nitrogens with zero attached hydrogens (tertiary/aromatic N) is 3. The van der Waals surface area contributed by atoms with Crippen LogP contribution in [0.1, 0.15) is 47.3 Å². The second-order valence-electron chi connectivity index (χ2n) is 8.80. The maximum Gasteiger partial charge on any atom is 0.416 e. The molecule has 1 aromatic carbocycles. The van der Waals surface area contributed by atoms with E-state index in [-0.39, 0.29) is 17.0 Å². The quantitative estimate of drug-likeness (QED) is 0.712. The van der Waals surface area contributed by atoms with Crippen molar-refractivity contribution < 1.29 is 18.0 Å². The zero-order valence-electron chi connectivity index (χ0n) is 18.4. The molecule has 172 valence electrons. The lowest BCUT2D eigenvalue weighted by Crippen LogP contribution is -2.47. The molecule has 2 saturated heterocycles. The molecular formula is C24H28F3N3O2. The second-order valence-corrected chi connectivity index (χ2v) is 8.80. The van der Waals surface area contributed by atoms with Gasteiger partial charge in [0.25, 0.3) is 11.5 Å². The number of carbonyl (C=O) groups is 1. The number of alkyl halides is 3. The predicted molar refractivity (Wildman–Crippen MR) is 117 cm³/mol. The van der Waals surface area contributed by atoms with Gasteiger partial charge in [0, 0.05) is 31.7 Å². The van der Waals surface area contributed by atoms with E-state index >= 15 is 0 Å². The summed E-state index contributed by atoms with van der Waals surface area (Å²) in [5.74, 6) is -0.197. The fourth-order valence-corrected chi connectivity index (χ4v) is 4.97. The lowest BCUT2D eigenvalue weighted by Gasteiger charge is -2.37. The predicted octanol–water partition coefficient (Wildman–Crippen LogP) is 4.08. The maximum absolute atomic E-state index is 13.3. The van der Waals surface area contributed by atoms with Crippen LogP contribution in [0.15, 0.2) is 35.1 Å². The molecule has 32 heavy (non-hydrogen) atoms. The molecule has 1 amide bonds. The fraction of sp³-hybridized carbons (Fsp3) is 0.500. The van der Waals surface area contributed by atoms with Gasteiger partial charge in [-0.2, -0.15) is 13.2 Å². The van der Waals surface area contributed by atoms with Crippen molar-refractivity contribution in [1.29, 1.82) is 0 Å². The van der Waals surface area contributed by atoms with Gasteiger partial charge in [0.15, 0.2) is 0 Å². The molecule has 0 atom stereocenters. The normalized spacial score (nSPS) is 18.3. The number of hydrogen-bond acceptors (Lipinski definition) is 3. The number of hydrogen-bond donors (Lipinski definition) is 0. The summed E-state index contributed by atoms with van der Waals surface area (Å²) in [6.07, 6.45) is -0.188. The van der Waals surface area contributed by atoms with E-state index < -0.39 is 17.3 Å². The van der Waals surface area contributed by atoms with E-state index in [4.69, 9.17) is 0 Å². The molecule has 5 nitrogen and oxygen atoms in total. The van der Waals surface area contributed by atoms with E-state index in [0.717, 1.165) is 38.1 Å². The van der Waals surface area contributed by atoms with Crippen LogP contribution in [0.2, 0.25) is 0 Å². The zero-order valence-corrected chi connectivity index (χ0v) is 18.4. The number of carbonyl (C=O) groups excluding carboxylic acids is 1. The first-order valence-electron chi connectivity index (χ1n) is 11.1. The summed E-state index contributed by atoms with van der Waals surface area (Å²) >= 11 is 0. The highest BCUT2D eigenvalue weighted by Crippen LogP contribution is 2.32. The van der Waals surface area contributed by atoms with Crippen LogP contribution in [0, 0.1) is 6.92 Å². The van der Waals surface area contributed by atoms with E-state index in [0.29, 0.717) is 30.4 Å². The molecule has 0 aliphatic carbocycles. The van der Waals surface area contributed by atoms with Gasteiger partial charge < -0.3 is 14.4 Å². The van der Waals surface area contributed by atoms with Crippen LogP contribution < -0.4 is 5.56 Å². The first kappa shape index (κ1) is 22.6. The molecular weight excluding hydrogens is 419 g/mol. The number of halogens is 3. The van der Waals surface area contributed by atoms with Gasteiger partial charge in [-0.3, -0.25) is 9.59 Å². The van der Waals surface area contributed by atoms with E-state index in [9.17, 15) is 22.8 Å². The topological polar surface area (TPSA) is 45.6 Å². The van der Waals surface area contributed by atoms with Gasteiger partial charge in [0.2, 0.25) is 0 Å². The molecule has 2 fully saturated rings. The zero-order chi connectivity index (χ0) is 23.0. The van der Waals surface area contributed by atoms with Gasteiger partial charge in [-0.25, -0.2) is 0 Å². The lowest BCUT2D eigenvalue weighted by molar-refractivity contribution is -0.137. The largest absolute Gasteiger partial charge is 0.416 e. The van der Waals surface area contributed by atoms with Crippen molar-refractivity contribution >= 4 is 5.91 Å². The Morgan fingerprint density at radius 1 is 1.03 bits per heavy atom. The summed E-state index contributed by atoms with van der Waals surface area (Å²) < 4.78 is 40.6. The van der Waals surface area contributed by atoms with Gasteiger partial charge in [0.1, 0.15) is 5.69 Å². The Morgan fingerprint density at radius 3 is 2.31 bits per heavy atom. The molecule has 2 aliphatic rings. The Hall–Kier alpha value is -2.61. The number of aromatic nitrogens is 1. The molecule has 2 aliphatic heterocycles. The third-order valence-corrected chi connectivity index (χ3v) is 6.72. The number of aryl methyl sites for hydroxylation is 1. The Kier molecular flexibility index (Phi) is 6.16. The van der Waals surface area contributed by atoms with Crippen molar-refractivity contribution in [2.75, 3.05) is 26.2 Å². The molecule has 0 unspecified atom stereocenters. The van der Waals surface area contributed by atoms with E-state index in [1.165, 1.54) is 42.7 Å². The molecule has 1 aromatic heterocycles. The van der Waals surface area contributed by atoms with Crippen LogP contribution in [0.3, 0.4) is 0 Å². The number of rotatable bonds is 3. The highest BCUT2D eigenvalue weighted by molar-refractivity contribution is 5.94. The second kappa shape index (κ2) is 8.73. The standard InChI is InChI=1S/C24H28F3N3O2/c1-16-14-20(17-6-5-7-18(15-17)24(25,26)27)22(31)28(2)21(16)23(32)30-12-8-19(9-13-30)29-10-3-4-11-29/h5-7,14-15,19H,3-4,8-13H2,1-2H3. The Labute approximate surface area is 185 Å². The van der Waals surface area contributed by atoms with Crippen molar-refractivity contribution in [2.24, 2.45) is 7.05 Å². The van der Waals surface area contributed by atoms with Crippen LogP contribution in [-0.4, -0.2) is 52.5 Å². The molecule has 0 N–H and O–H groups in total. The van der Waals surface area contributed by atoms with E-state index in [1.807, 2.05) is 0 Å². The Balaban J connectivity index is 1.58.